The van der Waals surface area contributed by atoms with Crippen LogP contribution in [0.2, 0.25) is 0 Å². The lowest BCUT2D eigenvalue weighted by Crippen LogP contribution is -1.98. The first-order valence-electron chi connectivity index (χ1n) is 4.45. The van der Waals surface area contributed by atoms with Gasteiger partial charge < -0.3 is 9.47 Å². The van der Waals surface area contributed by atoms with Gasteiger partial charge in [-0.1, -0.05) is 13.8 Å². The number of ether oxygens (including phenoxy) is 2. The van der Waals surface area contributed by atoms with Gasteiger partial charge in [0.2, 0.25) is 6.79 Å². The van der Waals surface area contributed by atoms with Crippen molar-refractivity contribution in [1.82, 2.24) is 4.98 Å². The molecule has 2 rings (SSSR count). The summed E-state index contributed by atoms with van der Waals surface area (Å²) in [4.78, 5) is 4.27. The third-order valence-corrected chi connectivity index (χ3v) is 2.23. The number of nitrogens with zero attached hydrogens (tertiary/aromatic N) is 1. The van der Waals surface area contributed by atoms with Gasteiger partial charge in [0.25, 0.3) is 0 Å². The molecule has 3 nitrogen and oxygen atoms in total. The van der Waals surface area contributed by atoms with E-state index in [1.165, 1.54) is 0 Å². The van der Waals surface area contributed by atoms with Gasteiger partial charge in [-0.3, -0.25) is 4.98 Å². The molecule has 1 aliphatic rings. The van der Waals surface area contributed by atoms with Crippen LogP contribution in [0.1, 0.15) is 31.0 Å². The van der Waals surface area contributed by atoms with E-state index in [9.17, 15) is 0 Å². The van der Waals surface area contributed by atoms with Crippen LogP contribution in [0.5, 0.6) is 11.5 Å². The van der Waals surface area contributed by atoms with Gasteiger partial charge in [0.05, 0.1) is 6.20 Å². The van der Waals surface area contributed by atoms with Gasteiger partial charge in [-0.15, -0.1) is 0 Å². The molecular formula is C10H13NO2. The normalized spacial score (nSPS) is 13.8. The summed E-state index contributed by atoms with van der Waals surface area (Å²) in [6.45, 7) is 6.58. The molecule has 0 unspecified atom stereocenters. The highest BCUT2D eigenvalue weighted by Gasteiger charge is 2.21. The predicted octanol–water partition coefficient (Wildman–Crippen LogP) is 2.24. The third-order valence-electron chi connectivity index (χ3n) is 2.23. The summed E-state index contributed by atoms with van der Waals surface area (Å²) < 4.78 is 10.7. The first-order valence-corrected chi connectivity index (χ1v) is 4.45. The van der Waals surface area contributed by atoms with E-state index in [1.807, 2.05) is 6.92 Å². The van der Waals surface area contributed by atoms with Crippen molar-refractivity contribution in [2.24, 2.45) is 0 Å². The molecule has 2 heterocycles. The van der Waals surface area contributed by atoms with Crippen LogP contribution in [-0.2, 0) is 0 Å². The maximum atomic E-state index is 5.41. The number of rotatable bonds is 1. The number of hydrogen-bond acceptors (Lipinski definition) is 3. The summed E-state index contributed by atoms with van der Waals surface area (Å²) in [6, 6.07) is 0. The van der Waals surface area contributed by atoms with Gasteiger partial charge in [0.1, 0.15) is 0 Å². The molecule has 3 heteroatoms. The minimum atomic E-state index is 0.320. The number of aromatic nitrogens is 1. The minimum Gasteiger partial charge on any atom is -0.453 e. The fourth-order valence-electron chi connectivity index (χ4n) is 1.66. The molecule has 1 aromatic rings. The number of aryl methyl sites for hydroxylation is 1. The molecule has 0 atom stereocenters. The topological polar surface area (TPSA) is 31.4 Å². The second-order valence-corrected chi connectivity index (χ2v) is 3.51. The maximum Gasteiger partial charge on any atom is 0.231 e. The smallest absolute Gasteiger partial charge is 0.231 e. The van der Waals surface area contributed by atoms with E-state index in [-0.39, 0.29) is 0 Å². The second kappa shape index (κ2) is 2.91. The highest BCUT2D eigenvalue weighted by atomic mass is 16.7. The van der Waals surface area contributed by atoms with Gasteiger partial charge in [-0.25, -0.2) is 0 Å². The summed E-state index contributed by atoms with van der Waals surface area (Å²) >= 11 is 0. The minimum absolute atomic E-state index is 0.320. The van der Waals surface area contributed by atoms with Gasteiger partial charge in [-0.05, 0) is 12.8 Å². The van der Waals surface area contributed by atoms with E-state index in [0.717, 1.165) is 22.8 Å². The zero-order chi connectivity index (χ0) is 9.42. The van der Waals surface area contributed by atoms with Crippen LogP contribution < -0.4 is 9.47 Å². The summed E-state index contributed by atoms with van der Waals surface area (Å²) in [7, 11) is 0. The zero-order valence-electron chi connectivity index (χ0n) is 8.13. The lowest BCUT2D eigenvalue weighted by Gasteiger charge is -2.11. The Morgan fingerprint density at radius 2 is 2.15 bits per heavy atom. The van der Waals surface area contributed by atoms with Crippen LogP contribution in [-0.4, -0.2) is 11.8 Å². The van der Waals surface area contributed by atoms with Crippen LogP contribution in [0.3, 0.4) is 0 Å². The van der Waals surface area contributed by atoms with Crippen molar-refractivity contribution in [2.75, 3.05) is 6.79 Å². The van der Waals surface area contributed by atoms with Crippen molar-refractivity contribution in [3.63, 3.8) is 0 Å². The number of pyridine rings is 1. The molecule has 0 fully saturated rings. The SMILES string of the molecule is Cc1ncc2c(c1C(C)C)OCO2. The Kier molecular flexibility index (Phi) is 1.87. The molecule has 0 amide bonds. The van der Waals surface area contributed by atoms with Crippen LogP contribution in [0, 0.1) is 6.92 Å². The summed E-state index contributed by atoms with van der Waals surface area (Å²) in [5, 5.41) is 0. The molecule has 0 N–H and O–H groups in total. The molecule has 1 aromatic heterocycles. The Bertz CT molecular complexity index is 334. The van der Waals surface area contributed by atoms with Crippen LogP contribution >= 0.6 is 0 Å². The largest absolute Gasteiger partial charge is 0.453 e. The third kappa shape index (κ3) is 1.24. The summed E-state index contributed by atoms with van der Waals surface area (Å²) in [5.41, 5.74) is 2.19. The van der Waals surface area contributed by atoms with Crippen molar-refractivity contribution in [1.29, 1.82) is 0 Å². The standard InChI is InChI=1S/C10H13NO2/c1-6(2)9-7(3)11-4-8-10(9)13-5-12-8/h4,6H,5H2,1-3H3. The number of hydrogen-bond donors (Lipinski definition) is 0. The van der Waals surface area contributed by atoms with Crippen molar-refractivity contribution < 1.29 is 9.47 Å². The van der Waals surface area contributed by atoms with E-state index in [0.29, 0.717) is 12.7 Å². The lowest BCUT2D eigenvalue weighted by atomic mass is 10.0. The first kappa shape index (κ1) is 8.35. The van der Waals surface area contributed by atoms with E-state index >= 15 is 0 Å². The average molecular weight is 179 g/mol. The second-order valence-electron chi connectivity index (χ2n) is 3.51. The van der Waals surface area contributed by atoms with Gasteiger partial charge >= 0.3 is 0 Å². The Balaban J connectivity index is 2.58. The fraction of sp³-hybridized carbons (Fsp3) is 0.500. The average Bonchev–Trinajstić information content (AvgIpc) is 2.50. The molecule has 0 radical (unpaired) electrons. The molecular weight excluding hydrogens is 166 g/mol. The van der Waals surface area contributed by atoms with Gasteiger partial charge in [0.15, 0.2) is 11.5 Å². The first-order chi connectivity index (χ1) is 6.20. The lowest BCUT2D eigenvalue weighted by molar-refractivity contribution is 0.173. The quantitative estimate of drug-likeness (QED) is 0.662. The Hall–Kier alpha value is -1.25. The molecule has 0 spiro atoms. The van der Waals surface area contributed by atoms with Gasteiger partial charge in [-0.2, -0.15) is 0 Å². The van der Waals surface area contributed by atoms with E-state index < -0.39 is 0 Å². The van der Waals surface area contributed by atoms with E-state index in [1.54, 1.807) is 6.20 Å². The fourth-order valence-corrected chi connectivity index (χ4v) is 1.66. The van der Waals surface area contributed by atoms with Crippen molar-refractivity contribution in [2.45, 2.75) is 26.7 Å². The Morgan fingerprint density at radius 3 is 2.85 bits per heavy atom. The molecule has 0 bridgehead atoms. The predicted molar refractivity (Wildman–Crippen MR) is 49.2 cm³/mol. The number of fused-ring (bicyclic) bond motifs is 1. The molecule has 0 aliphatic carbocycles. The monoisotopic (exact) mass is 179 g/mol. The van der Waals surface area contributed by atoms with Crippen LogP contribution in [0.25, 0.3) is 0 Å². The zero-order valence-corrected chi connectivity index (χ0v) is 8.13. The highest BCUT2D eigenvalue weighted by molar-refractivity contribution is 5.49. The van der Waals surface area contributed by atoms with E-state index in [4.69, 9.17) is 9.47 Å². The highest BCUT2D eigenvalue weighted by Crippen LogP contribution is 2.39. The Morgan fingerprint density at radius 1 is 1.38 bits per heavy atom. The molecule has 1 aliphatic heterocycles. The molecule has 0 aromatic carbocycles. The maximum absolute atomic E-state index is 5.41. The molecule has 0 saturated carbocycles. The van der Waals surface area contributed by atoms with Crippen LogP contribution in [0.4, 0.5) is 0 Å². The van der Waals surface area contributed by atoms with E-state index in [2.05, 4.69) is 18.8 Å². The molecule has 13 heavy (non-hydrogen) atoms. The molecule has 70 valence electrons. The molecule has 0 saturated heterocycles. The van der Waals surface area contributed by atoms with Crippen molar-refractivity contribution in [3.05, 3.63) is 17.5 Å². The summed E-state index contributed by atoms with van der Waals surface area (Å²) in [5.74, 6) is 2.07. The van der Waals surface area contributed by atoms with Gasteiger partial charge in [0, 0.05) is 11.3 Å². The van der Waals surface area contributed by atoms with Crippen molar-refractivity contribution >= 4 is 0 Å². The van der Waals surface area contributed by atoms with Crippen molar-refractivity contribution in [3.8, 4) is 11.5 Å². The van der Waals surface area contributed by atoms with Crippen LogP contribution in [0.15, 0.2) is 6.20 Å². The summed E-state index contributed by atoms with van der Waals surface area (Å²) in [6.07, 6.45) is 1.73. The Labute approximate surface area is 77.7 Å².